The molecule has 1 aliphatic rings. The Hall–Kier alpha value is -2.34. The lowest BCUT2D eigenvalue weighted by molar-refractivity contribution is -0.132. The lowest BCUT2D eigenvalue weighted by atomic mass is 10.2. The molecular formula is C17H30N6O5S. The van der Waals surface area contributed by atoms with E-state index in [9.17, 15) is 24.0 Å². The second-order valence-electron chi connectivity index (χ2n) is 7.03. The number of nitrogens with one attached hydrogen (secondary N) is 5. The number of hydrogen-bond donors (Lipinski definition) is 6. The van der Waals surface area contributed by atoms with Crippen molar-refractivity contribution >= 4 is 41.3 Å². The molecular weight excluding hydrogens is 400 g/mol. The summed E-state index contributed by atoms with van der Waals surface area (Å²) in [5.41, 5.74) is 5.55. The molecule has 29 heavy (non-hydrogen) atoms. The smallest absolute Gasteiger partial charge is 0.244 e. The molecule has 0 unspecified atom stereocenters. The van der Waals surface area contributed by atoms with Crippen LogP contribution in [0.4, 0.5) is 0 Å². The van der Waals surface area contributed by atoms with Crippen LogP contribution in [0.2, 0.25) is 0 Å². The van der Waals surface area contributed by atoms with Crippen LogP contribution in [0.5, 0.6) is 0 Å². The zero-order chi connectivity index (χ0) is 22.1. The zero-order valence-corrected chi connectivity index (χ0v) is 17.9. The molecule has 0 aromatic rings. The third-order valence-corrected chi connectivity index (χ3v) is 5.34. The normalized spacial score (nSPS) is 29.0. The molecule has 5 amide bonds. The van der Waals surface area contributed by atoms with Gasteiger partial charge in [-0.3, -0.25) is 24.0 Å². The fourth-order valence-electron chi connectivity index (χ4n) is 2.32. The Kier molecular flexibility index (Phi) is 9.89. The van der Waals surface area contributed by atoms with Crippen molar-refractivity contribution in [2.75, 3.05) is 18.1 Å². The van der Waals surface area contributed by atoms with Crippen LogP contribution in [0.3, 0.4) is 0 Å². The Labute approximate surface area is 174 Å². The molecule has 1 saturated heterocycles. The van der Waals surface area contributed by atoms with Crippen LogP contribution in [0, 0.1) is 0 Å². The first-order chi connectivity index (χ1) is 13.5. The first-order valence-corrected chi connectivity index (χ1v) is 10.5. The van der Waals surface area contributed by atoms with Crippen molar-refractivity contribution in [2.45, 2.75) is 57.9 Å². The number of rotatable bonds is 2. The lowest BCUT2D eigenvalue weighted by Gasteiger charge is -2.23. The van der Waals surface area contributed by atoms with Gasteiger partial charge in [-0.1, -0.05) is 0 Å². The first-order valence-electron chi connectivity index (χ1n) is 9.32. The van der Waals surface area contributed by atoms with Crippen molar-refractivity contribution in [1.29, 1.82) is 0 Å². The van der Waals surface area contributed by atoms with Crippen molar-refractivity contribution in [3.63, 3.8) is 0 Å². The molecule has 1 heterocycles. The van der Waals surface area contributed by atoms with E-state index in [-0.39, 0.29) is 24.2 Å². The number of hydrogen-bond acceptors (Lipinski definition) is 7. The van der Waals surface area contributed by atoms with Gasteiger partial charge in [-0.05, 0) is 27.7 Å². The second kappa shape index (κ2) is 11.6. The van der Waals surface area contributed by atoms with E-state index in [0.29, 0.717) is 5.75 Å². The SMILES string of the molecule is C[C@@H]1CSC[C@H](NC(=O)[C@H](C)N)C(=O)N[C@@H](C)C(=O)NCC(=O)N[C@@H](C)C(=O)N1. The van der Waals surface area contributed by atoms with Gasteiger partial charge in [0.05, 0.1) is 12.6 Å². The van der Waals surface area contributed by atoms with Gasteiger partial charge in [0, 0.05) is 17.5 Å². The van der Waals surface area contributed by atoms with Crippen LogP contribution in [0.15, 0.2) is 0 Å². The van der Waals surface area contributed by atoms with Gasteiger partial charge in [0.2, 0.25) is 29.5 Å². The third-order valence-electron chi connectivity index (χ3n) is 4.03. The van der Waals surface area contributed by atoms with Gasteiger partial charge in [0.25, 0.3) is 0 Å². The Morgan fingerprint density at radius 1 is 1.00 bits per heavy atom. The summed E-state index contributed by atoms with van der Waals surface area (Å²) in [6, 6.07) is -3.64. The summed E-state index contributed by atoms with van der Waals surface area (Å²) in [6.07, 6.45) is 0. The summed E-state index contributed by atoms with van der Waals surface area (Å²) in [7, 11) is 0. The minimum atomic E-state index is -0.928. The van der Waals surface area contributed by atoms with E-state index in [1.165, 1.54) is 25.6 Å². The van der Waals surface area contributed by atoms with E-state index in [1.807, 2.05) is 0 Å². The Morgan fingerprint density at radius 3 is 2.24 bits per heavy atom. The summed E-state index contributed by atoms with van der Waals surface area (Å²) >= 11 is 1.35. The van der Waals surface area contributed by atoms with E-state index in [4.69, 9.17) is 5.73 Å². The maximum Gasteiger partial charge on any atom is 0.244 e. The number of thioether (sulfide) groups is 1. The van der Waals surface area contributed by atoms with Crippen molar-refractivity contribution in [2.24, 2.45) is 5.73 Å². The van der Waals surface area contributed by atoms with Crippen molar-refractivity contribution < 1.29 is 24.0 Å². The molecule has 0 aromatic heterocycles. The van der Waals surface area contributed by atoms with E-state index >= 15 is 0 Å². The van der Waals surface area contributed by atoms with Crippen LogP contribution in [-0.2, 0) is 24.0 Å². The average Bonchev–Trinajstić information content (AvgIpc) is 2.63. The number of amides is 5. The summed E-state index contributed by atoms with van der Waals surface area (Å²) in [5, 5.41) is 12.7. The zero-order valence-electron chi connectivity index (χ0n) is 17.0. The monoisotopic (exact) mass is 430 g/mol. The number of carbonyl (C=O) groups excluding carboxylic acids is 5. The molecule has 0 aromatic carbocycles. The summed E-state index contributed by atoms with van der Waals surface area (Å²) in [6.45, 7) is 5.95. The topological polar surface area (TPSA) is 172 Å². The quantitative estimate of drug-likeness (QED) is 0.274. The van der Waals surface area contributed by atoms with Gasteiger partial charge in [0.15, 0.2) is 0 Å². The van der Waals surface area contributed by atoms with Gasteiger partial charge in [-0.15, -0.1) is 0 Å². The molecule has 1 aliphatic heterocycles. The largest absolute Gasteiger partial charge is 0.351 e. The van der Waals surface area contributed by atoms with E-state index in [1.54, 1.807) is 13.8 Å². The van der Waals surface area contributed by atoms with Gasteiger partial charge in [0.1, 0.15) is 18.1 Å². The molecule has 0 radical (unpaired) electrons. The minimum Gasteiger partial charge on any atom is -0.351 e. The highest BCUT2D eigenvalue weighted by Crippen LogP contribution is 2.07. The standard InChI is InChI=1S/C17H30N6O5S/c1-8-6-29-7-12(23-14(25)9(2)18)17(28)22-10(3)15(26)19-5-13(24)21-11(4)16(27)20-8/h8-12H,5-7,18H2,1-4H3,(H,19,26)(H,20,27)(H,21,24)(H,22,28)(H,23,25)/t8-,9+,10+,11+,12+/m1/s1. The molecule has 11 nitrogen and oxygen atoms in total. The maximum absolute atomic E-state index is 12.6. The van der Waals surface area contributed by atoms with Gasteiger partial charge < -0.3 is 32.3 Å². The third kappa shape index (κ3) is 8.69. The minimum absolute atomic E-state index is 0.227. The van der Waals surface area contributed by atoms with Crippen molar-refractivity contribution in [3.05, 3.63) is 0 Å². The molecule has 0 saturated carbocycles. The molecule has 1 fully saturated rings. The highest BCUT2D eigenvalue weighted by Gasteiger charge is 2.26. The fraction of sp³-hybridized carbons (Fsp3) is 0.706. The predicted molar refractivity (Wildman–Crippen MR) is 109 cm³/mol. The van der Waals surface area contributed by atoms with Crippen LogP contribution < -0.4 is 32.3 Å². The molecule has 0 spiro atoms. The number of carbonyl (C=O) groups is 5. The fourth-order valence-corrected chi connectivity index (χ4v) is 3.36. The van der Waals surface area contributed by atoms with Crippen molar-refractivity contribution in [1.82, 2.24) is 26.6 Å². The van der Waals surface area contributed by atoms with Gasteiger partial charge >= 0.3 is 0 Å². The highest BCUT2D eigenvalue weighted by molar-refractivity contribution is 7.99. The van der Waals surface area contributed by atoms with Crippen LogP contribution in [0.25, 0.3) is 0 Å². The average molecular weight is 431 g/mol. The van der Waals surface area contributed by atoms with E-state index < -0.39 is 47.8 Å². The summed E-state index contributed by atoms with van der Waals surface area (Å²) < 4.78 is 0. The van der Waals surface area contributed by atoms with Crippen molar-refractivity contribution in [3.8, 4) is 0 Å². The Bertz CT molecular complexity index is 644. The molecule has 7 N–H and O–H groups in total. The van der Waals surface area contributed by atoms with Crippen LogP contribution in [-0.4, -0.2) is 77.8 Å². The molecule has 5 atom stereocenters. The van der Waals surface area contributed by atoms with E-state index in [0.717, 1.165) is 0 Å². The lowest BCUT2D eigenvalue weighted by Crippen LogP contribution is -2.56. The molecule has 0 aliphatic carbocycles. The summed E-state index contributed by atoms with van der Waals surface area (Å²) in [5.74, 6) is -1.81. The number of nitrogens with two attached hydrogens (primary N) is 1. The first kappa shape index (κ1) is 24.7. The Morgan fingerprint density at radius 2 is 1.62 bits per heavy atom. The van der Waals surface area contributed by atoms with Crippen LogP contribution >= 0.6 is 11.8 Å². The molecule has 1 rings (SSSR count). The van der Waals surface area contributed by atoms with Crippen LogP contribution in [0.1, 0.15) is 27.7 Å². The van der Waals surface area contributed by atoms with E-state index in [2.05, 4.69) is 26.6 Å². The van der Waals surface area contributed by atoms with Gasteiger partial charge in [-0.25, -0.2) is 0 Å². The predicted octanol–water partition coefficient (Wildman–Crippen LogP) is -2.80. The second-order valence-corrected chi connectivity index (χ2v) is 8.11. The molecule has 164 valence electrons. The summed E-state index contributed by atoms with van der Waals surface area (Å²) in [4.78, 5) is 60.7. The molecule has 0 bridgehead atoms. The highest BCUT2D eigenvalue weighted by atomic mass is 32.2. The van der Waals surface area contributed by atoms with Gasteiger partial charge in [-0.2, -0.15) is 11.8 Å². The maximum atomic E-state index is 12.6. The Balaban J connectivity index is 2.93. The molecule has 12 heteroatoms.